The van der Waals surface area contributed by atoms with Crippen LogP contribution in [0.25, 0.3) is 0 Å². The minimum Gasteiger partial charge on any atom is -0.480 e. The molecule has 1 rings (SSSR count). The third-order valence-corrected chi connectivity index (χ3v) is 3.06. The number of likely N-dealkylation sites (N-methyl/N-ethyl adjacent to an activating group) is 1. The lowest BCUT2D eigenvalue weighted by molar-refractivity contribution is -0.151. The Hall–Kier alpha value is -1.42. The van der Waals surface area contributed by atoms with Crippen LogP contribution in [0, 0.1) is 0 Å². The van der Waals surface area contributed by atoms with Crippen LogP contribution in [0.2, 0.25) is 0 Å². The molecule has 1 aromatic heterocycles. The first-order valence-electron chi connectivity index (χ1n) is 5.28. The molecule has 0 radical (unpaired) electrons. The highest BCUT2D eigenvalue weighted by Crippen LogP contribution is 2.27. The molecule has 0 saturated heterocycles. The number of hydrogen-bond donors (Lipinski definition) is 1. The van der Waals surface area contributed by atoms with Crippen molar-refractivity contribution in [3.63, 3.8) is 0 Å². The zero-order chi connectivity index (χ0) is 12.3. The van der Waals surface area contributed by atoms with Crippen molar-refractivity contribution in [1.29, 1.82) is 0 Å². The van der Waals surface area contributed by atoms with Crippen molar-refractivity contribution in [1.82, 2.24) is 9.88 Å². The molecular formula is C12H18N2O2. The van der Waals surface area contributed by atoms with Crippen LogP contribution >= 0.6 is 0 Å². The molecule has 0 fully saturated rings. The number of nitrogens with zero attached hydrogens (tertiary/aromatic N) is 2. The van der Waals surface area contributed by atoms with Gasteiger partial charge in [-0.25, -0.2) is 4.79 Å². The van der Waals surface area contributed by atoms with Gasteiger partial charge in [0.15, 0.2) is 5.54 Å². The predicted molar refractivity (Wildman–Crippen MR) is 62.1 cm³/mol. The van der Waals surface area contributed by atoms with Gasteiger partial charge in [-0.2, -0.15) is 0 Å². The summed E-state index contributed by atoms with van der Waals surface area (Å²) in [5.41, 5.74) is -0.534. The number of carboxylic acids is 1. The highest BCUT2D eigenvalue weighted by atomic mass is 16.4. The molecule has 0 spiro atoms. The molecule has 1 heterocycles. The Morgan fingerprint density at radius 1 is 1.50 bits per heavy atom. The van der Waals surface area contributed by atoms with Crippen molar-refractivity contribution in [3.05, 3.63) is 30.1 Å². The summed E-state index contributed by atoms with van der Waals surface area (Å²) < 4.78 is 0. The Labute approximate surface area is 95.9 Å². The van der Waals surface area contributed by atoms with Gasteiger partial charge in [0.1, 0.15) is 0 Å². The van der Waals surface area contributed by atoms with Crippen molar-refractivity contribution >= 4 is 5.97 Å². The van der Waals surface area contributed by atoms with Crippen LogP contribution in [-0.4, -0.2) is 34.0 Å². The molecule has 4 nitrogen and oxygen atoms in total. The summed E-state index contributed by atoms with van der Waals surface area (Å²) in [6, 6.07) is 5.45. The molecule has 1 aromatic rings. The van der Waals surface area contributed by atoms with Crippen LogP contribution in [0.15, 0.2) is 24.4 Å². The van der Waals surface area contributed by atoms with E-state index in [-0.39, 0.29) is 6.04 Å². The SMILES string of the molecule is CC(C)N(C)C(C)(C(=O)O)c1ccccn1. The molecule has 4 heteroatoms. The fourth-order valence-electron chi connectivity index (χ4n) is 1.61. The topological polar surface area (TPSA) is 53.4 Å². The molecule has 16 heavy (non-hydrogen) atoms. The number of carboxylic acid groups (broad SMARTS) is 1. The summed E-state index contributed by atoms with van der Waals surface area (Å²) in [5.74, 6) is -0.887. The molecule has 1 N–H and O–H groups in total. The lowest BCUT2D eigenvalue weighted by atomic mass is 9.94. The smallest absolute Gasteiger partial charge is 0.330 e. The molecule has 0 aliphatic rings. The largest absolute Gasteiger partial charge is 0.480 e. The van der Waals surface area contributed by atoms with Crippen molar-refractivity contribution in [3.8, 4) is 0 Å². The Bertz CT molecular complexity index is 365. The standard InChI is InChI=1S/C12H18N2O2/c1-9(2)14(4)12(3,11(15)16)10-7-5-6-8-13-10/h5-9H,1-4H3,(H,15,16). The molecular weight excluding hydrogens is 204 g/mol. The average molecular weight is 222 g/mol. The van der Waals surface area contributed by atoms with Crippen molar-refractivity contribution in [2.45, 2.75) is 32.4 Å². The summed E-state index contributed by atoms with van der Waals surface area (Å²) in [7, 11) is 1.80. The van der Waals surface area contributed by atoms with E-state index in [2.05, 4.69) is 4.98 Å². The Kier molecular flexibility index (Phi) is 3.65. The maximum Gasteiger partial charge on any atom is 0.330 e. The molecule has 0 aliphatic heterocycles. The summed E-state index contributed by atoms with van der Waals surface area (Å²) in [6.07, 6.45) is 1.62. The number of rotatable bonds is 4. The monoisotopic (exact) mass is 222 g/mol. The van der Waals surface area contributed by atoms with Gasteiger partial charge in [0.25, 0.3) is 0 Å². The fraction of sp³-hybridized carbons (Fsp3) is 0.500. The molecule has 0 aromatic carbocycles. The lowest BCUT2D eigenvalue weighted by Gasteiger charge is -2.37. The van der Waals surface area contributed by atoms with Gasteiger partial charge in [0, 0.05) is 12.2 Å². The van der Waals surface area contributed by atoms with Crippen LogP contribution in [-0.2, 0) is 10.3 Å². The highest BCUT2D eigenvalue weighted by molar-refractivity contribution is 5.79. The molecule has 1 atom stereocenters. The summed E-state index contributed by atoms with van der Waals surface area (Å²) >= 11 is 0. The van der Waals surface area contributed by atoms with Crippen LogP contribution in [0.5, 0.6) is 0 Å². The number of carbonyl (C=O) groups is 1. The number of hydrogen-bond acceptors (Lipinski definition) is 3. The van der Waals surface area contributed by atoms with Gasteiger partial charge < -0.3 is 5.11 Å². The van der Waals surface area contributed by atoms with Gasteiger partial charge in [0.05, 0.1) is 5.69 Å². The molecule has 0 bridgehead atoms. The lowest BCUT2D eigenvalue weighted by Crippen LogP contribution is -2.51. The molecule has 1 unspecified atom stereocenters. The minimum atomic E-state index is -1.09. The van der Waals surface area contributed by atoms with E-state index in [0.29, 0.717) is 5.69 Å². The Balaban J connectivity index is 3.22. The van der Waals surface area contributed by atoms with E-state index in [0.717, 1.165) is 0 Å². The van der Waals surface area contributed by atoms with Crippen molar-refractivity contribution in [2.24, 2.45) is 0 Å². The van der Waals surface area contributed by atoms with Gasteiger partial charge in [-0.05, 0) is 40.0 Å². The van der Waals surface area contributed by atoms with Gasteiger partial charge in [-0.3, -0.25) is 9.88 Å². The minimum absolute atomic E-state index is 0.128. The maximum absolute atomic E-state index is 11.5. The summed E-state index contributed by atoms with van der Waals surface area (Å²) in [6.45, 7) is 5.60. The Morgan fingerprint density at radius 2 is 2.12 bits per heavy atom. The fourth-order valence-corrected chi connectivity index (χ4v) is 1.61. The molecule has 88 valence electrons. The van der Waals surface area contributed by atoms with E-state index in [1.165, 1.54) is 0 Å². The summed E-state index contributed by atoms with van der Waals surface area (Å²) in [4.78, 5) is 17.4. The number of pyridine rings is 1. The molecule has 0 aliphatic carbocycles. The van der Waals surface area contributed by atoms with Gasteiger partial charge >= 0.3 is 5.97 Å². The van der Waals surface area contributed by atoms with E-state index in [4.69, 9.17) is 0 Å². The van der Waals surface area contributed by atoms with E-state index in [9.17, 15) is 9.90 Å². The van der Waals surface area contributed by atoms with Crippen LogP contribution in [0.4, 0.5) is 0 Å². The van der Waals surface area contributed by atoms with Crippen LogP contribution in [0.1, 0.15) is 26.5 Å². The number of aromatic nitrogens is 1. The second-order valence-electron chi connectivity index (χ2n) is 4.30. The van der Waals surface area contributed by atoms with E-state index in [1.54, 1.807) is 43.3 Å². The van der Waals surface area contributed by atoms with E-state index < -0.39 is 11.5 Å². The zero-order valence-electron chi connectivity index (χ0n) is 10.1. The average Bonchev–Trinajstić information content (AvgIpc) is 2.27. The van der Waals surface area contributed by atoms with Gasteiger partial charge in [0.2, 0.25) is 0 Å². The molecule has 0 saturated carbocycles. The number of aliphatic carboxylic acids is 1. The predicted octanol–water partition coefficient (Wildman–Crippen LogP) is 1.72. The van der Waals surface area contributed by atoms with Crippen molar-refractivity contribution < 1.29 is 9.90 Å². The first-order valence-corrected chi connectivity index (χ1v) is 5.28. The first kappa shape index (κ1) is 12.6. The molecule has 0 amide bonds. The quantitative estimate of drug-likeness (QED) is 0.842. The van der Waals surface area contributed by atoms with Gasteiger partial charge in [-0.1, -0.05) is 6.07 Å². The first-order chi connectivity index (χ1) is 7.40. The maximum atomic E-state index is 11.5. The second-order valence-corrected chi connectivity index (χ2v) is 4.30. The van der Waals surface area contributed by atoms with Crippen molar-refractivity contribution in [2.75, 3.05) is 7.05 Å². The normalized spacial score (nSPS) is 15.1. The van der Waals surface area contributed by atoms with E-state index >= 15 is 0 Å². The summed E-state index contributed by atoms with van der Waals surface area (Å²) in [5, 5.41) is 9.42. The van der Waals surface area contributed by atoms with E-state index in [1.807, 2.05) is 13.8 Å². The van der Waals surface area contributed by atoms with Crippen LogP contribution in [0.3, 0.4) is 0 Å². The third kappa shape index (κ3) is 2.07. The zero-order valence-corrected chi connectivity index (χ0v) is 10.1. The Morgan fingerprint density at radius 3 is 2.50 bits per heavy atom. The highest BCUT2D eigenvalue weighted by Gasteiger charge is 2.41. The third-order valence-electron chi connectivity index (χ3n) is 3.06. The van der Waals surface area contributed by atoms with Crippen LogP contribution < -0.4 is 0 Å². The van der Waals surface area contributed by atoms with Gasteiger partial charge in [-0.15, -0.1) is 0 Å². The second kappa shape index (κ2) is 4.61.